The van der Waals surface area contributed by atoms with Crippen LogP contribution in [-0.2, 0) is 6.54 Å². The number of carbonyl (C=O) groups is 1. The van der Waals surface area contributed by atoms with E-state index in [1.807, 2.05) is 17.8 Å². The molecule has 0 spiro atoms. The molecule has 3 heterocycles. The third-order valence-electron chi connectivity index (χ3n) is 4.49. The van der Waals surface area contributed by atoms with E-state index in [0.717, 1.165) is 37.2 Å². The van der Waals surface area contributed by atoms with Gasteiger partial charge in [-0.3, -0.25) is 20.1 Å². The molecule has 134 valence electrons. The third kappa shape index (κ3) is 3.66. The second-order valence-electron chi connectivity index (χ2n) is 6.27. The van der Waals surface area contributed by atoms with Gasteiger partial charge in [0, 0.05) is 29.2 Å². The molecular formula is C18H18FN5OS. The first-order valence-corrected chi connectivity index (χ1v) is 9.31. The standard InChI is InChI=1S/C18H18FN5OS/c19-14-5-3-13(4-6-14)17(25)23-18-22-15(11-26-18)16-2-1-7-24(16)10-12-8-20-21-9-12/h3-6,8-9,11,16H,1-2,7,10H2,(H,20,21)(H,22,23,25). The number of likely N-dealkylation sites (tertiary alicyclic amines) is 1. The summed E-state index contributed by atoms with van der Waals surface area (Å²) in [6.45, 7) is 1.85. The number of amides is 1. The van der Waals surface area contributed by atoms with E-state index in [9.17, 15) is 9.18 Å². The van der Waals surface area contributed by atoms with E-state index in [0.29, 0.717) is 10.7 Å². The van der Waals surface area contributed by atoms with E-state index in [2.05, 4.69) is 25.4 Å². The molecule has 1 aliphatic heterocycles. The van der Waals surface area contributed by atoms with Crippen LogP contribution < -0.4 is 5.32 Å². The van der Waals surface area contributed by atoms with E-state index in [1.54, 1.807) is 0 Å². The number of hydrogen-bond acceptors (Lipinski definition) is 5. The Labute approximate surface area is 154 Å². The normalized spacial score (nSPS) is 17.5. The summed E-state index contributed by atoms with van der Waals surface area (Å²) in [4.78, 5) is 19.2. The van der Waals surface area contributed by atoms with Crippen LogP contribution in [0.1, 0.15) is 40.5 Å². The molecule has 6 nitrogen and oxygen atoms in total. The molecule has 26 heavy (non-hydrogen) atoms. The van der Waals surface area contributed by atoms with Crippen molar-refractivity contribution in [1.82, 2.24) is 20.1 Å². The number of aromatic amines is 1. The fourth-order valence-corrected chi connectivity index (χ4v) is 3.97. The van der Waals surface area contributed by atoms with Crippen LogP contribution in [0.2, 0.25) is 0 Å². The van der Waals surface area contributed by atoms with Crippen molar-refractivity contribution in [3.05, 3.63) is 64.7 Å². The fourth-order valence-electron chi connectivity index (χ4n) is 3.22. The van der Waals surface area contributed by atoms with E-state index < -0.39 is 0 Å². The Balaban J connectivity index is 1.43. The van der Waals surface area contributed by atoms with E-state index in [1.165, 1.54) is 35.6 Å². The largest absolute Gasteiger partial charge is 0.298 e. The van der Waals surface area contributed by atoms with Crippen molar-refractivity contribution in [2.75, 3.05) is 11.9 Å². The van der Waals surface area contributed by atoms with E-state index in [4.69, 9.17) is 0 Å². The summed E-state index contributed by atoms with van der Waals surface area (Å²) in [7, 11) is 0. The Morgan fingerprint density at radius 3 is 3.00 bits per heavy atom. The van der Waals surface area contributed by atoms with Crippen LogP contribution in [0.15, 0.2) is 42.0 Å². The van der Waals surface area contributed by atoms with E-state index >= 15 is 0 Å². The Hall–Kier alpha value is -2.58. The highest BCUT2D eigenvalue weighted by Crippen LogP contribution is 2.34. The number of aromatic nitrogens is 3. The molecule has 1 fully saturated rings. The lowest BCUT2D eigenvalue weighted by Crippen LogP contribution is -2.22. The molecular weight excluding hydrogens is 353 g/mol. The SMILES string of the molecule is O=C(Nc1nc(C2CCCN2Cc2cn[nH]c2)cs1)c1ccc(F)cc1. The van der Waals surface area contributed by atoms with Gasteiger partial charge in [0.05, 0.1) is 17.9 Å². The van der Waals surface area contributed by atoms with Gasteiger partial charge < -0.3 is 0 Å². The average Bonchev–Trinajstić information content (AvgIpc) is 3.38. The van der Waals surface area contributed by atoms with Gasteiger partial charge in [0.2, 0.25) is 0 Å². The number of H-pyrrole nitrogens is 1. The molecule has 1 unspecified atom stereocenters. The summed E-state index contributed by atoms with van der Waals surface area (Å²) < 4.78 is 13.0. The molecule has 2 aromatic heterocycles. The van der Waals surface area contributed by atoms with Crippen LogP contribution in [0, 0.1) is 5.82 Å². The number of hydrogen-bond donors (Lipinski definition) is 2. The highest BCUT2D eigenvalue weighted by molar-refractivity contribution is 7.14. The first-order valence-electron chi connectivity index (χ1n) is 8.43. The Morgan fingerprint density at radius 2 is 2.23 bits per heavy atom. The van der Waals surface area contributed by atoms with Crippen LogP contribution in [0.5, 0.6) is 0 Å². The molecule has 0 radical (unpaired) electrons. The summed E-state index contributed by atoms with van der Waals surface area (Å²) in [6, 6.07) is 5.71. The Kier molecular flexibility index (Phi) is 4.77. The second-order valence-corrected chi connectivity index (χ2v) is 7.13. The van der Waals surface area contributed by atoms with Crippen molar-refractivity contribution < 1.29 is 9.18 Å². The monoisotopic (exact) mass is 371 g/mol. The molecule has 0 saturated carbocycles. The zero-order valence-corrected chi connectivity index (χ0v) is 14.8. The van der Waals surface area contributed by atoms with Crippen LogP contribution in [0.3, 0.4) is 0 Å². The van der Waals surface area contributed by atoms with Crippen LogP contribution in [0.4, 0.5) is 9.52 Å². The molecule has 1 atom stereocenters. The molecule has 1 aromatic carbocycles. The first-order chi connectivity index (χ1) is 12.7. The minimum atomic E-state index is -0.364. The van der Waals surface area contributed by atoms with Gasteiger partial charge in [-0.25, -0.2) is 9.37 Å². The maximum Gasteiger partial charge on any atom is 0.257 e. The average molecular weight is 371 g/mol. The van der Waals surface area contributed by atoms with Crippen molar-refractivity contribution in [2.45, 2.75) is 25.4 Å². The lowest BCUT2D eigenvalue weighted by atomic mass is 10.1. The smallest absolute Gasteiger partial charge is 0.257 e. The molecule has 1 aliphatic rings. The molecule has 4 rings (SSSR count). The molecule has 1 saturated heterocycles. The van der Waals surface area contributed by atoms with Gasteiger partial charge in [0.15, 0.2) is 5.13 Å². The van der Waals surface area contributed by atoms with Crippen LogP contribution in [-0.4, -0.2) is 32.5 Å². The number of benzene rings is 1. The maximum absolute atomic E-state index is 13.0. The molecule has 2 N–H and O–H groups in total. The van der Waals surface area contributed by atoms with Crippen molar-refractivity contribution >= 4 is 22.4 Å². The molecule has 8 heteroatoms. The predicted molar refractivity (Wildman–Crippen MR) is 97.4 cm³/mol. The number of thiazole rings is 1. The number of halogens is 1. The minimum absolute atomic E-state index is 0.248. The van der Waals surface area contributed by atoms with Gasteiger partial charge in [0.25, 0.3) is 5.91 Å². The van der Waals surface area contributed by atoms with Gasteiger partial charge >= 0.3 is 0 Å². The fraction of sp³-hybridized carbons (Fsp3) is 0.278. The maximum atomic E-state index is 13.0. The highest BCUT2D eigenvalue weighted by Gasteiger charge is 2.28. The molecule has 1 amide bonds. The molecule has 0 bridgehead atoms. The Bertz CT molecular complexity index is 877. The number of rotatable bonds is 5. The number of nitrogens with zero attached hydrogens (tertiary/aromatic N) is 3. The zero-order valence-electron chi connectivity index (χ0n) is 14.0. The van der Waals surface area contributed by atoms with Crippen molar-refractivity contribution in [1.29, 1.82) is 0 Å². The van der Waals surface area contributed by atoms with Crippen molar-refractivity contribution in [3.63, 3.8) is 0 Å². The van der Waals surface area contributed by atoms with Gasteiger partial charge in [-0.15, -0.1) is 11.3 Å². The number of anilines is 1. The summed E-state index contributed by atoms with van der Waals surface area (Å²) in [6.07, 6.45) is 5.92. The van der Waals surface area contributed by atoms with Gasteiger partial charge in [-0.05, 0) is 43.7 Å². The predicted octanol–water partition coefficient (Wildman–Crippen LogP) is 3.59. The van der Waals surface area contributed by atoms with Crippen molar-refractivity contribution in [2.24, 2.45) is 0 Å². The Morgan fingerprint density at radius 1 is 1.38 bits per heavy atom. The number of nitrogens with one attached hydrogen (secondary N) is 2. The topological polar surface area (TPSA) is 73.9 Å². The summed E-state index contributed by atoms with van der Waals surface area (Å²) >= 11 is 1.41. The first kappa shape index (κ1) is 16.9. The third-order valence-corrected chi connectivity index (χ3v) is 5.27. The summed E-state index contributed by atoms with van der Waals surface area (Å²) in [5.74, 6) is -0.649. The van der Waals surface area contributed by atoms with E-state index in [-0.39, 0.29) is 17.8 Å². The lowest BCUT2D eigenvalue weighted by molar-refractivity contribution is 0.102. The van der Waals surface area contributed by atoms with Crippen LogP contribution in [0.25, 0.3) is 0 Å². The van der Waals surface area contributed by atoms with Crippen molar-refractivity contribution in [3.8, 4) is 0 Å². The quantitative estimate of drug-likeness (QED) is 0.719. The van der Waals surface area contributed by atoms with Gasteiger partial charge in [-0.2, -0.15) is 5.10 Å². The molecule has 3 aromatic rings. The molecule has 0 aliphatic carbocycles. The minimum Gasteiger partial charge on any atom is -0.298 e. The summed E-state index contributed by atoms with van der Waals surface area (Å²) in [5, 5.41) is 12.2. The second kappa shape index (κ2) is 7.35. The zero-order chi connectivity index (χ0) is 17.9. The highest BCUT2D eigenvalue weighted by atomic mass is 32.1. The lowest BCUT2D eigenvalue weighted by Gasteiger charge is -2.22. The summed E-state index contributed by atoms with van der Waals surface area (Å²) in [5.41, 5.74) is 2.54. The van der Waals surface area contributed by atoms with Crippen LogP contribution >= 0.6 is 11.3 Å². The number of carbonyl (C=O) groups excluding carboxylic acids is 1. The van der Waals surface area contributed by atoms with Gasteiger partial charge in [0.1, 0.15) is 5.82 Å². The van der Waals surface area contributed by atoms with Gasteiger partial charge in [-0.1, -0.05) is 0 Å².